The molecule has 2 aliphatic heterocycles. The quantitative estimate of drug-likeness (QED) is 0.669. The molecule has 0 radical (unpaired) electrons. The molecule has 9 nitrogen and oxygen atoms in total. The van der Waals surface area contributed by atoms with E-state index in [4.69, 9.17) is 14.6 Å². The Morgan fingerprint density at radius 1 is 1.18 bits per heavy atom. The Morgan fingerprint density at radius 3 is 2.35 bits per heavy atom. The van der Waals surface area contributed by atoms with Crippen LogP contribution in [0.1, 0.15) is 75.2 Å². The summed E-state index contributed by atoms with van der Waals surface area (Å²) in [7, 11) is 0. The smallest absolute Gasteiger partial charge is 0.475 e. The number of aliphatic carboxylic acids is 1. The van der Waals surface area contributed by atoms with Gasteiger partial charge in [-0.15, -0.1) is 10.2 Å². The van der Waals surface area contributed by atoms with Crippen LogP contribution in [0.4, 0.5) is 13.2 Å². The van der Waals surface area contributed by atoms with Crippen LogP contribution in [0.25, 0.3) is 0 Å². The molecule has 0 bridgehead atoms. The van der Waals surface area contributed by atoms with Crippen molar-refractivity contribution in [3.05, 3.63) is 11.6 Å². The zero-order chi connectivity index (χ0) is 24.9. The molecule has 0 atom stereocenters. The highest BCUT2D eigenvalue weighted by Gasteiger charge is 2.43. The summed E-state index contributed by atoms with van der Waals surface area (Å²) in [6.07, 6.45) is 2.71. The SMILES string of the molecule is CC(C)CN1CCC2(CC1)COCc1nnc(C(=O)NC3CCCCC3)n12.O=C(O)C(F)(F)F. The number of ether oxygens (including phenoxy) is 1. The number of hydrogen-bond donors (Lipinski definition) is 2. The van der Waals surface area contributed by atoms with E-state index in [9.17, 15) is 18.0 Å². The maximum Gasteiger partial charge on any atom is 0.490 e. The summed E-state index contributed by atoms with van der Waals surface area (Å²) >= 11 is 0. The number of halogens is 3. The van der Waals surface area contributed by atoms with Crippen molar-refractivity contribution in [2.24, 2.45) is 5.92 Å². The van der Waals surface area contributed by atoms with Crippen molar-refractivity contribution in [3.8, 4) is 0 Å². The van der Waals surface area contributed by atoms with E-state index in [0.29, 0.717) is 25.0 Å². The molecule has 1 spiro atoms. The first kappa shape index (κ1) is 26.4. The highest BCUT2D eigenvalue weighted by molar-refractivity contribution is 5.91. The van der Waals surface area contributed by atoms with E-state index in [2.05, 4.69) is 38.8 Å². The van der Waals surface area contributed by atoms with Crippen LogP contribution in [0.15, 0.2) is 0 Å². The molecule has 1 saturated carbocycles. The number of piperidine rings is 1. The number of rotatable bonds is 4. The highest BCUT2D eigenvalue weighted by Crippen LogP contribution is 2.36. The number of carbonyl (C=O) groups is 2. The molecule has 1 aromatic heterocycles. The summed E-state index contributed by atoms with van der Waals surface area (Å²) in [5, 5.41) is 18.9. The second-order valence-corrected chi connectivity index (χ2v) is 9.80. The Bertz CT molecular complexity index is 844. The van der Waals surface area contributed by atoms with Gasteiger partial charge in [-0.1, -0.05) is 33.1 Å². The van der Waals surface area contributed by atoms with Gasteiger partial charge in [-0.3, -0.25) is 9.36 Å². The largest absolute Gasteiger partial charge is 0.490 e. The number of carboxylic acids is 1. The molecule has 4 rings (SSSR count). The molecule has 0 unspecified atom stereocenters. The van der Waals surface area contributed by atoms with Crippen molar-refractivity contribution in [1.82, 2.24) is 25.0 Å². The molecule has 1 amide bonds. The van der Waals surface area contributed by atoms with Crippen LogP contribution in [-0.4, -0.2) is 75.1 Å². The predicted octanol–water partition coefficient (Wildman–Crippen LogP) is 2.95. The minimum atomic E-state index is -5.08. The van der Waals surface area contributed by atoms with Crippen molar-refractivity contribution in [1.29, 1.82) is 0 Å². The fourth-order valence-electron chi connectivity index (χ4n) is 4.99. The summed E-state index contributed by atoms with van der Waals surface area (Å²) < 4.78 is 39.7. The van der Waals surface area contributed by atoms with Crippen molar-refractivity contribution in [2.45, 2.75) is 83.2 Å². The Morgan fingerprint density at radius 2 is 1.79 bits per heavy atom. The summed E-state index contributed by atoms with van der Waals surface area (Å²) in [4.78, 5) is 24.4. The second kappa shape index (κ2) is 11.0. The first-order chi connectivity index (χ1) is 16.0. The van der Waals surface area contributed by atoms with Gasteiger partial charge in [-0.05, 0) is 31.6 Å². The number of aromatic nitrogens is 3. The third-order valence-electron chi connectivity index (χ3n) is 6.60. The number of carboxylic acid groups (broad SMARTS) is 1. The van der Waals surface area contributed by atoms with E-state index in [1.54, 1.807) is 0 Å². The number of nitrogens with one attached hydrogen (secondary N) is 1. The van der Waals surface area contributed by atoms with Gasteiger partial charge < -0.3 is 20.1 Å². The summed E-state index contributed by atoms with van der Waals surface area (Å²) in [5.74, 6) is -0.869. The molecule has 1 saturated heterocycles. The molecule has 12 heteroatoms. The molecule has 1 aromatic rings. The average Bonchev–Trinajstić information content (AvgIpc) is 3.22. The fourth-order valence-corrected chi connectivity index (χ4v) is 4.99. The van der Waals surface area contributed by atoms with Gasteiger partial charge in [0, 0.05) is 25.7 Å². The Labute approximate surface area is 197 Å². The molecule has 3 heterocycles. The molecule has 3 aliphatic rings. The minimum absolute atomic E-state index is 0.0634. The van der Waals surface area contributed by atoms with Gasteiger partial charge in [0.2, 0.25) is 5.82 Å². The monoisotopic (exact) mass is 489 g/mol. The van der Waals surface area contributed by atoms with Gasteiger partial charge in [0.25, 0.3) is 5.91 Å². The van der Waals surface area contributed by atoms with Crippen LogP contribution in [-0.2, 0) is 21.7 Å². The molecule has 34 heavy (non-hydrogen) atoms. The maximum atomic E-state index is 13.0. The number of nitrogens with zero attached hydrogens (tertiary/aromatic N) is 4. The van der Waals surface area contributed by atoms with E-state index < -0.39 is 12.1 Å². The molecule has 1 aliphatic carbocycles. The summed E-state index contributed by atoms with van der Waals surface area (Å²) in [6, 6.07) is 0.280. The zero-order valence-electron chi connectivity index (χ0n) is 19.7. The summed E-state index contributed by atoms with van der Waals surface area (Å²) in [6.45, 7) is 8.81. The van der Waals surface area contributed by atoms with Crippen LogP contribution in [0, 0.1) is 5.92 Å². The lowest BCUT2D eigenvalue weighted by molar-refractivity contribution is -0.192. The lowest BCUT2D eigenvalue weighted by Crippen LogP contribution is -2.53. The number of fused-ring (bicyclic) bond motifs is 2. The van der Waals surface area contributed by atoms with Gasteiger partial charge in [0.1, 0.15) is 6.61 Å². The Hall–Kier alpha value is -2.21. The van der Waals surface area contributed by atoms with Gasteiger partial charge in [0.15, 0.2) is 5.82 Å². The van der Waals surface area contributed by atoms with Gasteiger partial charge in [0.05, 0.1) is 12.1 Å². The van der Waals surface area contributed by atoms with Crippen LogP contribution in [0.5, 0.6) is 0 Å². The van der Waals surface area contributed by atoms with Crippen molar-refractivity contribution in [2.75, 3.05) is 26.2 Å². The van der Waals surface area contributed by atoms with Crippen LogP contribution >= 0.6 is 0 Å². The molecule has 2 fully saturated rings. The predicted molar refractivity (Wildman–Crippen MR) is 116 cm³/mol. The number of alkyl halides is 3. The fraction of sp³-hybridized carbons (Fsp3) is 0.818. The molecule has 2 N–H and O–H groups in total. The van der Waals surface area contributed by atoms with Crippen LogP contribution in [0.2, 0.25) is 0 Å². The lowest BCUT2D eigenvalue weighted by Gasteiger charge is -2.45. The van der Waals surface area contributed by atoms with E-state index in [1.165, 1.54) is 19.3 Å². The first-order valence-electron chi connectivity index (χ1n) is 11.9. The first-order valence-corrected chi connectivity index (χ1v) is 11.9. The third kappa shape index (κ3) is 6.47. The zero-order valence-corrected chi connectivity index (χ0v) is 19.7. The minimum Gasteiger partial charge on any atom is -0.475 e. The number of likely N-dealkylation sites (tertiary alicyclic amines) is 1. The molecular weight excluding hydrogens is 455 g/mol. The van der Waals surface area contributed by atoms with E-state index in [1.807, 2.05) is 0 Å². The van der Waals surface area contributed by atoms with E-state index in [0.717, 1.165) is 51.1 Å². The highest BCUT2D eigenvalue weighted by atomic mass is 19.4. The van der Waals surface area contributed by atoms with Crippen molar-refractivity contribution >= 4 is 11.9 Å². The Balaban J connectivity index is 0.000000406. The van der Waals surface area contributed by atoms with Crippen molar-refractivity contribution < 1.29 is 32.6 Å². The number of carbonyl (C=O) groups excluding carboxylic acids is 1. The topological polar surface area (TPSA) is 110 Å². The Kier molecular flexibility index (Phi) is 8.56. The standard InChI is InChI=1S/C20H33N5O2.C2HF3O2/c1-15(2)12-24-10-8-20(9-11-24)14-27-13-17-22-23-18(25(17)20)19(26)21-16-6-4-3-5-7-16;3-2(4,5)1(6)7/h15-16H,3-14H2,1-2H3,(H,21,26);(H,6,7). The molecule has 192 valence electrons. The molecular formula is C22H34F3N5O4. The van der Waals surface area contributed by atoms with E-state index in [-0.39, 0.29) is 17.5 Å². The second-order valence-electron chi connectivity index (χ2n) is 9.80. The van der Waals surface area contributed by atoms with Crippen molar-refractivity contribution in [3.63, 3.8) is 0 Å². The third-order valence-corrected chi connectivity index (χ3v) is 6.60. The van der Waals surface area contributed by atoms with Gasteiger partial charge in [-0.25, -0.2) is 4.79 Å². The van der Waals surface area contributed by atoms with Gasteiger partial charge in [-0.2, -0.15) is 13.2 Å². The van der Waals surface area contributed by atoms with Crippen LogP contribution in [0.3, 0.4) is 0 Å². The average molecular weight is 490 g/mol. The molecule has 0 aromatic carbocycles. The van der Waals surface area contributed by atoms with Gasteiger partial charge >= 0.3 is 12.1 Å². The number of hydrogen-bond acceptors (Lipinski definition) is 6. The van der Waals surface area contributed by atoms with E-state index >= 15 is 0 Å². The normalized spacial score (nSPS) is 21.0. The number of amides is 1. The lowest BCUT2D eigenvalue weighted by atomic mass is 9.86. The summed E-state index contributed by atoms with van der Waals surface area (Å²) in [5.41, 5.74) is -0.177. The van der Waals surface area contributed by atoms with Crippen LogP contribution < -0.4 is 5.32 Å². The maximum absolute atomic E-state index is 13.0.